The van der Waals surface area contributed by atoms with Crippen molar-refractivity contribution < 1.29 is 36.6 Å². The molecular formula is C21H19ClF4N4O4. The Bertz CT molecular complexity index is 1160. The van der Waals surface area contributed by atoms with Gasteiger partial charge in [0.05, 0.1) is 30.9 Å². The third-order valence-electron chi connectivity index (χ3n) is 4.38. The predicted molar refractivity (Wildman–Crippen MR) is 116 cm³/mol. The fourth-order valence-corrected chi connectivity index (χ4v) is 2.98. The van der Waals surface area contributed by atoms with Gasteiger partial charge in [-0.2, -0.15) is 13.2 Å². The van der Waals surface area contributed by atoms with Gasteiger partial charge in [0, 0.05) is 23.7 Å². The van der Waals surface area contributed by atoms with E-state index in [0.717, 1.165) is 0 Å². The van der Waals surface area contributed by atoms with Crippen molar-refractivity contribution in [1.29, 1.82) is 0 Å². The van der Waals surface area contributed by atoms with E-state index in [-0.39, 0.29) is 31.4 Å². The third-order valence-corrected chi connectivity index (χ3v) is 4.67. The molecule has 0 fully saturated rings. The second kappa shape index (κ2) is 11.2. The van der Waals surface area contributed by atoms with Gasteiger partial charge in [-0.25, -0.2) is 14.4 Å². The van der Waals surface area contributed by atoms with Gasteiger partial charge in [-0.3, -0.25) is 4.79 Å². The van der Waals surface area contributed by atoms with Gasteiger partial charge in [0.15, 0.2) is 11.5 Å². The Morgan fingerprint density at radius 3 is 2.59 bits per heavy atom. The topological polar surface area (TPSA) is 94.6 Å². The zero-order valence-electron chi connectivity index (χ0n) is 17.7. The Kier molecular flexibility index (Phi) is 8.29. The Balaban J connectivity index is 1.61. The normalized spacial score (nSPS) is 11.4. The monoisotopic (exact) mass is 502 g/mol. The van der Waals surface area contributed by atoms with Crippen molar-refractivity contribution in [1.82, 2.24) is 15.3 Å². The van der Waals surface area contributed by atoms with E-state index in [4.69, 9.17) is 25.8 Å². The molecule has 0 bridgehead atoms. The lowest BCUT2D eigenvalue weighted by atomic mass is 10.2. The smallest absolute Gasteiger partial charge is 0.471 e. The summed E-state index contributed by atoms with van der Waals surface area (Å²) in [5.74, 6) is -1.40. The van der Waals surface area contributed by atoms with E-state index in [1.807, 2.05) is 0 Å². The molecule has 8 nitrogen and oxygen atoms in total. The number of fused-ring (bicyclic) bond motifs is 1. The molecule has 182 valence electrons. The van der Waals surface area contributed by atoms with Gasteiger partial charge < -0.3 is 24.8 Å². The number of methoxy groups -OCH3 is 1. The van der Waals surface area contributed by atoms with Crippen LogP contribution in [0.25, 0.3) is 10.9 Å². The van der Waals surface area contributed by atoms with Crippen molar-refractivity contribution in [2.45, 2.75) is 6.18 Å². The number of rotatable bonds is 10. The van der Waals surface area contributed by atoms with E-state index >= 15 is 0 Å². The standard InChI is InChI=1S/C21H19ClF4N4O4/c1-32-17-9-13-16(28-11-29-19(13)30-12-2-3-15(23)14(22)8-12)10-18(17)34-7-6-33-5-4-27-20(31)21(24,25)26/h2-3,8-11H,4-7H2,1H3,(H,27,31)(H,28,29,30). The van der Waals surface area contributed by atoms with Gasteiger partial charge in [0.1, 0.15) is 24.6 Å². The van der Waals surface area contributed by atoms with Gasteiger partial charge in [0.2, 0.25) is 0 Å². The number of amides is 1. The number of carbonyl (C=O) groups excluding carboxylic acids is 1. The molecule has 34 heavy (non-hydrogen) atoms. The molecule has 1 heterocycles. The minimum Gasteiger partial charge on any atom is -0.493 e. The van der Waals surface area contributed by atoms with Crippen molar-refractivity contribution >= 4 is 39.9 Å². The SMILES string of the molecule is COc1cc2c(Nc3ccc(F)c(Cl)c3)ncnc2cc1OCCOCCNC(=O)C(F)(F)F. The summed E-state index contributed by atoms with van der Waals surface area (Å²) in [5, 5.41) is 5.32. The van der Waals surface area contributed by atoms with Crippen molar-refractivity contribution in [2.75, 3.05) is 38.8 Å². The number of carbonyl (C=O) groups is 1. The summed E-state index contributed by atoms with van der Waals surface area (Å²) in [4.78, 5) is 19.1. The maximum atomic E-state index is 13.4. The van der Waals surface area contributed by atoms with Crippen LogP contribution in [-0.2, 0) is 9.53 Å². The lowest BCUT2D eigenvalue weighted by molar-refractivity contribution is -0.173. The number of halogens is 5. The molecule has 0 unspecified atom stereocenters. The molecule has 3 rings (SSSR count). The lowest BCUT2D eigenvalue weighted by Gasteiger charge is -2.14. The molecule has 2 N–H and O–H groups in total. The van der Waals surface area contributed by atoms with Crippen LogP contribution < -0.4 is 20.1 Å². The maximum Gasteiger partial charge on any atom is 0.471 e. The fourth-order valence-electron chi connectivity index (χ4n) is 2.80. The van der Waals surface area contributed by atoms with Crippen molar-refractivity contribution in [3.63, 3.8) is 0 Å². The number of nitrogens with zero attached hydrogens (tertiary/aromatic N) is 2. The van der Waals surface area contributed by atoms with Crippen LogP contribution in [0.4, 0.5) is 29.1 Å². The highest BCUT2D eigenvalue weighted by atomic mass is 35.5. The van der Waals surface area contributed by atoms with E-state index < -0.39 is 17.9 Å². The van der Waals surface area contributed by atoms with E-state index in [0.29, 0.717) is 33.9 Å². The van der Waals surface area contributed by atoms with Crippen LogP contribution in [0.3, 0.4) is 0 Å². The van der Waals surface area contributed by atoms with Gasteiger partial charge in [-0.1, -0.05) is 11.6 Å². The number of benzene rings is 2. The summed E-state index contributed by atoms with van der Waals surface area (Å²) in [6.07, 6.45) is -3.59. The van der Waals surface area contributed by atoms with Gasteiger partial charge in [-0.05, 0) is 24.3 Å². The zero-order valence-corrected chi connectivity index (χ0v) is 18.5. The predicted octanol–water partition coefficient (Wildman–Crippen LogP) is 4.25. The average molecular weight is 503 g/mol. The Hall–Kier alpha value is -3.38. The molecule has 13 heteroatoms. The van der Waals surface area contributed by atoms with Crippen LogP contribution >= 0.6 is 11.6 Å². The van der Waals surface area contributed by atoms with Gasteiger partial charge in [-0.15, -0.1) is 0 Å². The molecule has 1 amide bonds. The van der Waals surface area contributed by atoms with E-state index in [1.54, 1.807) is 17.4 Å². The molecule has 0 spiro atoms. The second-order valence-corrected chi connectivity index (χ2v) is 7.12. The largest absolute Gasteiger partial charge is 0.493 e. The Labute approximate surface area is 196 Å². The van der Waals surface area contributed by atoms with Crippen LogP contribution in [0, 0.1) is 5.82 Å². The number of anilines is 2. The molecule has 1 aromatic heterocycles. The van der Waals surface area contributed by atoms with Crippen molar-refractivity contribution in [3.05, 3.63) is 47.5 Å². The minimum absolute atomic E-state index is 0.0402. The van der Waals surface area contributed by atoms with Crippen LogP contribution in [0.5, 0.6) is 11.5 Å². The van der Waals surface area contributed by atoms with Crippen LogP contribution in [0.15, 0.2) is 36.7 Å². The molecule has 0 aliphatic heterocycles. The Morgan fingerprint density at radius 2 is 1.88 bits per heavy atom. The minimum atomic E-state index is -4.93. The van der Waals surface area contributed by atoms with E-state index in [9.17, 15) is 22.4 Å². The first-order chi connectivity index (χ1) is 16.2. The van der Waals surface area contributed by atoms with Crippen LogP contribution in [0.1, 0.15) is 0 Å². The average Bonchev–Trinajstić information content (AvgIpc) is 2.79. The summed E-state index contributed by atoms with van der Waals surface area (Å²) in [6, 6.07) is 7.45. The molecule has 0 radical (unpaired) electrons. The molecule has 2 aromatic carbocycles. The zero-order chi connectivity index (χ0) is 24.7. The lowest BCUT2D eigenvalue weighted by Crippen LogP contribution is -2.38. The molecule has 0 aliphatic carbocycles. The quantitative estimate of drug-likeness (QED) is 0.316. The summed E-state index contributed by atoms with van der Waals surface area (Å²) >= 11 is 5.83. The Morgan fingerprint density at radius 1 is 1.09 bits per heavy atom. The number of alkyl halides is 3. The van der Waals surface area contributed by atoms with Gasteiger partial charge in [0.25, 0.3) is 0 Å². The number of aromatic nitrogens is 2. The van der Waals surface area contributed by atoms with Crippen LogP contribution in [0.2, 0.25) is 5.02 Å². The summed E-state index contributed by atoms with van der Waals surface area (Å²) in [7, 11) is 1.45. The first-order valence-corrected chi connectivity index (χ1v) is 10.2. The summed E-state index contributed by atoms with van der Waals surface area (Å²) in [5.41, 5.74) is 1.05. The number of hydrogen-bond donors (Lipinski definition) is 2. The summed E-state index contributed by atoms with van der Waals surface area (Å²) in [6.45, 7) is -0.274. The van der Waals surface area contributed by atoms with E-state index in [1.165, 1.54) is 31.6 Å². The molecule has 0 atom stereocenters. The molecular weight excluding hydrogens is 484 g/mol. The van der Waals surface area contributed by atoms with Crippen molar-refractivity contribution in [3.8, 4) is 11.5 Å². The van der Waals surface area contributed by atoms with Gasteiger partial charge >= 0.3 is 12.1 Å². The molecule has 0 aliphatic rings. The fraction of sp³-hybridized carbons (Fsp3) is 0.286. The van der Waals surface area contributed by atoms with Crippen LogP contribution in [-0.4, -0.2) is 55.5 Å². The molecule has 3 aromatic rings. The maximum absolute atomic E-state index is 13.4. The molecule has 0 saturated carbocycles. The highest BCUT2D eigenvalue weighted by molar-refractivity contribution is 6.31. The van der Waals surface area contributed by atoms with E-state index in [2.05, 4.69) is 15.3 Å². The number of hydrogen-bond acceptors (Lipinski definition) is 7. The molecule has 0 saturated heterocycles. The third kappa shape index (κ3) is 6.58. The number of nitrogens with one attached hydrogen (secondary N) is 2. The number of ether oxygens (including phenoxy) is 3. The summed E-state index contributed by atoms with van der Waals surface area (Å²) < 4.78 is 65.9. The highest BCUT2D eigenvalue weighted by Gasteiger charge is 2.38. The first-order valence-electron chi connectivity index (χ1n) is 9.79. The first kappa shape index (κ1) is 25.2. The second-order valence-electron chi connectivity index (χ2n) is 6.71. The highest BCUT2D eigenvalue weighted by Crippen LogP contribution is 2.35. The van der Waals surface area contributed by atoms with Crippen molar-refractivity contribution in [2.24, 2.45) is 0 Å².